The highest BCUT2D eigenvalue weighted by Crippen LogP contribution is 2.17. The van der Waals surface area contributed by atoms with Gasteiger partial charge in [0.25, 0.3) is 0 Å². The van der Waals surface area contributed by atoms with Crippen molar-refractivity contribution in [3.8, 4) is 0 Å². The summed E-state index contributed by atoms with van der Waals surface area (Å²) < 4.78 is 1.25. The van der Waals surface area contributed by atoms with Crippen LogP contribution in [0.3, 0.4) is 0 Å². The molecular formula is C7H4NS. The molecule has 0 spiro atoms. The van der Waals surface area contributed by atoms with E-state index in [0.717, 1.165) is 0 Å². The zero-order chi connectivity index (χ0) is 6.10. The van der Waals surface area contributed by atoms with E-state index in [0.29, 0.717) is 0 Å². The van der Waals surface area contributed by atoms with Crippen LogP contribution in [-0.2, 0) is 0 Å². The minimum Gasteiger partial charge on any atom is -0.254 e. The van der Waals surface area contributed by atoms with Crippen LogP contribution in [0.4, 0.5) is 0 Å². The molecule has 0 unspecified atom stereocenters. The van der Waals surface area contributed by atoms with Gasteiger partial charge in [-0.2, -0.15) is 0 Å². The summed E-state index contributed by atoms with van der Waals surface area (Å²) in [6.07, 6.45) is 4.61. The largest absolute Gasteiger partial charge is 0.254 e. The van der Waals surface area contributed by atoms with Crippen molar-refractivity contribution in [3.63, 3.8) is 0 Å². The topological polar surface area (TPSA) is 12.9 Å². The molecule has 43 valence electrons. The highest BCUT2D eigenvalue weighted by atomic mass is 32.1. The Hall–Kier alpha value is -0.890. The first-order valence-electron chi connectivity index (χ1n) is 2.66. The molecule has 0 saturated heterocycles. The molecule has 2 aromatic rings. The third-order valence-corrected chi connectivity index (χ3v) is 2.08. The Balaban J connectivity index is 2.95. The molecule has 0 amide bonds. The predicted molar refractivity (Wildman–Crippen MR) is 38.5 cm³/mol. The highest BCUT2D eigenvalue weighted by Gasteiger charge is 1.89. The van der Waals surface area contributed by atoms with E-state index in [1.165, 1.54) is 10.1 Å². The van der Waals surface area contributed by atoms with Crippen molar-refractivity contribution in [2.75, 3.05) is 0 Å². The Bertz CT molecular complexity index is 283. The first-order chi connectivity index (χ1) is 4.47. The molecule has 0 aliphatic heterocycles. The first kappa shape index (κ1) is 4.94. The predicted octanol–water partition coefficient (Wildman–Crippen LogP) is 2.10. The molecule has 9 heavy (non-hydrogen) atoms. The quantitative estimate of drug-likeness (QED) is 0.537. The molecule has 2 aromatic heterocycles. The van der Waals surface area contributed by atoms with Crippen LogP contribution in [-0.4, -0.2) is 4.98 Å². The average Bonchev–Trinajstić information content (AvgIpc) is 2.33. The molecule has 0 aromatic carbocycles. The molecular weight excluding hydrogens is 130 g/mol. The first-order valence-corrected chi connectivity index (χ1v) is 3.54. The lowest BCUT2D eigenvalue weighted by Gasteiger charge is -1.80. The fraction of sp³-hybridized carbons (Fsp3) is 0. The minimum atomic E-state index is 1.21. The van der Waals surface area contributed by atoms with Crippen molar-refractivity contribution in [1.29, 1.82) is 0 Å². The summed E-state index contributed by atoms with van der Waals surface area (Å²) in [6, 6.07) is 3.96. The fourth-order valence-corrected chi connectivity index (χ4v) is 1.50. The lowest BCUT2D eigenvalue weighted by molar-refractivity contribution is 1.35. The smallest absolute Gasteiger partial charge is 0.0901 e. The number of nitrogens with zero attached hydrogens (tertiary/aromatic N) is 1. The van der Waals surface area contributed by atoms with Gasteiger partial charge in [-0.3, -0.25) is 4.98 Å². The number of thiophene rings is 1. The Labute approximate surface area is 57.0 Å². The summed E-state index contributed by atoms with van der Waals surface area (Å²) in [5.74, 6) is 0. The standard InChI is InChI=1S/C7H4NS/c1-3-8-5-6-2-4-9-7(1)6/h1-2,4-5H. The van der Waals surface area contributed by atoms with Crippen LogP contribution in [0, 0.1) is 6.20 Å². The number of hydrogen-bond donors (Lipinski definition) is 0. The third-order valence-electron chi connectivity index (χ3n) is 1.20. The van der Waals surface area contributed by atoms with Gasteiger partial charge < -0.3 is 0 Å². The molecule has 0 aliphatic carbocycles. The van der Waals surface area contributed by atoms with Gasteiger partial charge in [0.2, 0.25) is 0 Å². The van der Waals surface area contributed by atoms with Crippen LogP contribution in [0.2, 0.25) is 0 Å². The number of rotatable bonds is 0. The van der Waals surface area contributed by atoms with Gasteiger partial charge in [0, 0.05) is 16.3 Å². The molecule has 0 bridgehead atoms. The maximum absolute atomic E-state index is 3.87. The number of fused-ring (bicyclic) bond motifs is 1. The summed E-state index contributed by atoms with van der Waals surface area (Å²) in [7, 11) is 0. The maximum Gasteiger partial charge on any atom is 0.0901 e. The van der Waals surface area contributed by atoms with Crippen molar-refractivity contribution >= 4 is 21.4 Å². The SMILES string of the molecule is [c]1cc2sccc2cn1. The van der Waals surface area contributed by atoms with Gasteiger partial charge in [0.15, 0.2) is 0 Å². The minimum absolute atomic E-state index is 1.21. The monoisotopic (exact) mass is 134 g/mol. The van der Waals surface area contributed by atoms with Gasteiger partial charge in [-0.05, 0) is 17.5 Å². The van der Waals surface area contributed by atoms with Crippen molar-refractivity contribution < 1.29 is 0 Å². The summed E-state index contributed by atoms with van der Waals surface area (Å²) in [5, 5.41) is 3.26. The fourth-order valence-electron chi connectivity index (χ4n) is 0.758. The van der Waals surface area contributed by atoms with Gasteiger partial charge >= 0.3 is 0 Å². The van der Waals surface area contributed by atoms with E-state index in [9.17, 15) is 0 Å². The van der Waals surface area contributed by atoms with Crippen molar-refractivity contribution in [3.05, 3.63) is 29.9 Å². The zero-order valence-electron chi connectivity index (χ0n) is 4.66. The molecule has 0 saturated carbocycles. The second-order valence-corrected chi connectivity index (χ2v) is 2.72. The summed E-state index contributed by atoms with van der Waals surface area (Å²) in [6.45, 7) is 0. The van der Waals surface area contributed by atoms with E-state index in [2.05, 4.69) is 22.6 Å². The van der Waals surface area contributed by atoms with Gasteiger partial charge in [-0.15, -0.1) is 11.3 Å². The van der Waals surface area contributed by atoms with E-state index >= 15 is 0 Å². The summed E-state index contributed by atoms with van der Waals surface area (Å²) >= 11 is 1.72. The molecule has 0 fully saturated rings. The lowest BCUT2D eigenvalue weighted by Crippen LogP contribution is -1.65. The van der Waals surface area contributed by atoms with E-state index < -0.39 is 0 Å². The lowest BCUT2D eigenvalue weighted by atomic mass is 10.4. The second-order valence-electron chi connectivity index (χ2n) is 1.77. The molecule has 0 atom stereocenters. The van der Waals surface area contributed by atoms with Crippen LogP contribution < -0.4 is 0 Å². The van der Waals surface area contributed by atoms with Crippen LogP contribution in [0.1, 0.15) is 0 Å². The molecule has 2 rings (SSSR count). The van der Waals surface area contributed by atoms with Gasteiger partial charge in [0.1, 0.15) is 0 Å². The van der Waals surface area contributed by atoms with Gasteiger partial charge in [-0.25, -0.2) is 0 Å². The van der Waals surface area contributed by atoms with E-state index in [-0.39, 0.29) is 0 Å². The molecule has 2 heterocycles. The Kier molecular flexibility index (Phi) is 0.993. The molecule has 2 heteroatoms. The second kappa shape index (κ2) is 1.81. The van der Waals surface area contributed by atoms with E-state index in [1.807, 2.05) is 12.3 Å². The highest BCUT2D eigenvalue weighted by molar-refractivity contribution is 7.17. The van der Waals surface area contributed by atoms with Crippen LogP contribution >= 0.6 is 11.3 Å². The van der Waals surface area contributed by atoms with Gasteiger partial charge in [0.05, 0.1) is 6.20 Å². The van der Waals surface area contributed by atoms with E-state index in [4.69, 9.17) is 0 Å². The Morgan fingerprint density at radius 3 is 3.44 bits per heavy atom. The Morgan fingerprint density at radius 1 is 1.56 bits per heavy atom. The zero-order valence-corrected chi connectivity index (χ0v) is 5.48. The van der Waals surface area contributed by atoms with Gasteiger partial charge in [-0.1, -0.05) is 0 Å². The molecule has 1 nitrogen and oxygen atoms in total. The number of pyridine rings is 1. The van der Waals surface area contributed by atoms with E-state index in [1.54, 1.807) is 11.3 Å². The maximum atomic E-state index is 3.87. The van der Waals surface area contributed by atoms with Crippen LogP contribution in [0.15, 0.2) is 23.7 Å². The number of aromatic nitrogens is 1. The van der Waals surface area contributed by atoms with Crippen LogP contribution in [0.25, 0.3) is 10.1 Å². The normalized spacial score (nSPS) is 10.2. The summed E-state index contributed by atoms with van der Waals surface area (Å²) in [4.78, 5) is 3.87. The van der Waals surface area contributed by atoms with Crippen LogP contribution in [0.5, 0.6) is 0 Å². The van der Waals surface area contributed by atoms with Crippen molar-refractivity contribution in [2.24, 2.45) is 0 Å². The molecule has 0 aliphatic rings. The average molecular weight is 134 g/mol. The van der Waals surface area contributed by atoms with Crippen molar-refractivity contribution in [2.45, 2.75) is 0 Å². The number of hydrogen-bond acceptors (Lipinski definition) is 2. The third kappa shape index (κ3) is 0.715. The van der Waals surface area contributed by atoms with Crippen molar-refractivity contribution in [1.82, 2.24) is 4.98 Å². The molecule has 0 N–H and O–H groups in total. The Morgan fingerprint density at radius 2 is 2.56 bits per heavy atom. The molecule has 1 radical (unpaired) electrons. The summed E-state index contributed by atoms with van der Waals surface area (Å²) in [5.41, 5.74) is 0.